The zero-order chi connectivity index (χ0) is 25.9. The van der Waals surface area contributed by atoms with Crippen LogP contribution in [0.5, 0.6) is 28.1 Å². The van der Waals surface area contributed by atoms with Crippen LogP contribution in [0.25, 0.3) is 10.9 Å². The number of carbonyl (C=O) groups excluding carboxylic acids is 1. The molecule has 4 rings (SSSR count). The van der Waals surface area contributed by atoms with Gasteiger partial charge >= 0.3 is 6.16 Å². The Bertz CT molecular complexity index is 1540. The number of rotatable bonds is 8. The number of nitrogens with one attached hydrogen (secondary N) is 1. The van der Waals surface area contributed by atoms with E-state index in [1.165, 1.54) is 44.0 Å². The van der Waals surface area contributed by atoms with Crippen molar-refractivity contribution in [1.29, 1.82) is 0 Å². The van der Waals surface area contributed by atoms with E-state index in [9.17, 15) is 17.6 Å². The van der Waals surface area contributed by atoms with Gasteiger partial charge < -0.3 is 23.7 Å². The quantitative estimate of drug-likeness (QED) is 0.304. The molecule has 4 aromatic rings. The maximum absolute atomic E-state index is 14.9. The van der Waals surface area contributed by atoms with Gasteiger partial charge in [0, 0.05) is 23.7 Å². The summed E-state index contributed by atoms with van der Waals surface area (Å²) in [5.74, 6) is 0.546. The third-order valence-corrected chi connectivity index (χ3v) is 7.16. The molecule has 1 N–H and O–H groups in total. The molecule has 0 amide bonds. The lowest BCUT2D eigenvalue weighted by Gasteiger charge is -2.13. The highest BCUT2D eigenvalue weighted by molar-refractivity contribution is 7.93. The average molecular weight is 535 g/mol. The minimum absolute atomic E-state index is 0.114. The third-order valence-electron chi connectivity index (χ3n) is 4.85. The molecule has 0 bridgehead atoms. The Morgan fingerprint density at radius 1 is 1.00 bits per heavy atom. The van der Waals surface area contributed by atoms with E-state index in [2.05, 4.69) is 14.4 Å². The summed E-state index contributed by atoms with van der Waals surface area (Å²) < 4.78 is 68.3. The van der Waals surface area contributed by atoms with Crippen molar-refractivity contribution in [2.75, 3.05) is 26.1 Å². The van der Waals surface area contributed by atoms with Gasteiger partial charge in [-0.15, -0.1) is 11.3 Å². The number of carbonyl (C=O) groups is 1. The number of halogens is 1. The number of ether oxygens (including phenoxy) is 5. The smallest absolute Gasteiger partial charge is 0.493 e. The summed E-state index contributed by atoms with van der Waals surface area (Å²) in [6, 6.07) is 9.83. The summed E-state index contributed by atoms with van der Waals surface area (Å²) in [6.45, 7) is 0. The number of hydrogen-bond acceptors (Lipinski definition) is 10. The minimum Gasteiger partial charge on any atom is -0.493 e. The van der Waals surface area contributed by atoms with Crippen LogP contribution in [0.2, 0.25) is 0 Å². The predicted octanol–water partition coefficient (Wildman–Crippen LogP) is 5.19. The van der Waals surface area contributed by atoms with Crippen molar-refractivity contribution in [3.63, 3.8) is 0 Å². The number of aromatic nitrogens is 1. The third kappa shape index (κ3) is 5.11. The number of nitrogens with zero attached hydrogens (tertiary/aromatic N) is 1. The molecule has 0 spiro atoms. The summed E-state index contributed by atoms with van der Waals surface area (Å²) in [7, 11) is -0.188. The SMILES string of the molecule is COC(=O)Oc1sccc1S(=O)(=O)Nc1ccc(Oc2ccnc3cc(OC)c(OC)cc23)cc1F. The van der Waals surface area contributed by atoms with Gasteiger partial charge in [0.15, 0.2) is 17.3 Å². The number of methoxy groups -OCH3 is 3. The number of hydrogen-bond donors (Lipinski definition) is 1. The second-order valence-corrected chi connectivity index (χ2v) is 9.54. The Balaban J connectivity index is 1.59. The van der Waals surface area contributed by atoms with E-state index in [0.717, 1.165) is 24.5 Å². The maximum atomic E-state index is 14.9. The number of fused-ring (bicyclic) bond motifs is 1. The van der Waals surface area contributed by atoms with Crippen molar-refractivity contribution in [2.45, 2.75) is 4.90 Å². The number of thiophene rings is 1. The molecule has 13 heteroatoms. The predicted molar refractivity (Wildman–Crippen MR) is 129 cm³/mol. The molecule has 0 aliphatic carbocycles. The largest absolute Gasteiger partial charge is 0.514 e. The van der Waals surface area contributed by atoms with E-state index in [4.69, 9.17) is 18.9 Å². The molecule has 0 aliphatic rings. The van der Waals surface area contributed by atoms with Crippen molar-refractivity contribution in [2.24, 2.45) is 0 Å². The zero-order valence-corrected chi connectivity index (χ0v) is 20.7. The molecule has 2 aromatic carbocycles. The molecule has 0 fully saturated rings. The van der Waals surface area contributed by atoms with Crippen LogP contribution >= 0.6 is 11.3 Å². The summed E-state index contributed by atoms with van der Waals surface area (Å²) in [4.78, 5) is 15.3. The van der Waals surface area contributed by atoms with Gasteiger partial charge in [-0.1, -0.05) is 0 Å². The van der Waals surface area contributed by atoms with Gasteiger partial charge in [-0.2, -0.15) is 0 Å². The molecule has 0 radical (unpaired) electrons. The lowest BCUT2D eigenvalue weighted by molar-refractivity contribution is 0.122. The minimum atomic E-state index is -4.28. The zero-order valence-electron chi connectivity index (χ0n) is 19.1. The standard InChI is InChI=1S/C23H19FN2O8S2/c1-30-19-11-14-17(12-20(19)31-2)25-8-6-18(14)33-13-4-5-16(15(24)10-13)26-36(28,29)21-7-9-35-22(21)34-23(27)32-3/h4-12,26H,1-3H3. The van der Waals surface area contributed by atoms with Crippen LogP contribution in [-0.2, 0) is 14.8 Å². The molecule has 10 nitrogen and oxygen atoms in total. The Hall–Kier alpha value is -4.10. The van der Waals surface area contributed by atoms with Gasteiger partial charge in [0.1, 0.15) is 16.4 Å². The molecule has 0 saturated carbocycles. The molecule has 36 heavy (non-hydrogen) atoms. The molecular weight excluding hydrogens is 515 g/mol. The lowest BCUT2D eigenvalue weighted by Crippen LogP contribution is -2.15. The molecule has 0 saturated heterocycles. The van der Waals surface area contributed by atoms with E-state index in [1.54, 1.807) is 18.2 Å². The van der Waals surface area contributed by atoms with Gasteiger partial charge in [0.2, 0.25) is 5.06 Å². The van der Waals surface area contributed by atoms with E-state index in [-0.39, 0.29) is 21.4 Å². The van der Waals surface area contributed by atoms with Crippen LogP contribution < -0.4 is 23.7 Å². The summed E-state index contributed by atoms with van der Waals surface area (Å²) in [5.41, 5.74) is 0.235. The monoisotopic (exact) mass is 534 g/mol. The van der Waals surface area contributed by atoms with Crippen molar-refractivity contribution >= 4 is 44.1 Å². The molecule has 188 valence electrons. The second-order valence-electron chi connectivity index (χ2n) is 7.01. The number of benzene rings is 2. The summed E-state index contributed by atoms with van der Waals surface area (Å²) in [5, 5.41) is 1.78. The van der Waals surface area contributed by atoms with E-state index in [0.29, 0.717) is 28.2 Å². The lowest BCUT2D eigenvalue weighted by atomic mass is 10.2. The fourth-order valence-electron chi connectivity index (χ4n) is 3.18. The first-order chi connectivity index (χ1) is 17.2. The molecule has 2 heterocycles. The van der Waals surface area contributed by atoms with Gasteiger partial charge in [0.05, 0.1) is 32.5 Å². The highest BCUT2D eigenvalue weighted by Gasteiger charge is 2.24. The molecule has 0 unspecified atom stereocenters. The molecule has 2 aromatic heterocycles. The van der Waals surface area contributed by atoms with Gasteiger partial charge in [0.25, 0.3) is 10.0 Å². The first-order valence-electron chi connectivity index (χ1n) is 10.1. The van der Waals surface area contributed by atoms with Crippen molar-refractivity contribution in [3.8, 4) is 28.1 Å². The fourth-order valence-corrected chi connectivity index (χ4v) is 5.44. The number of sulfonamides is 1. The highest BCUT2D eigenvalue weighted by Crippen LogP contribution is 2.38. The first kappa shape index (κ1) is 25.0. The van der Waals surface area contributed by atoms with Gasteiger partial charge in [-0.25, -0.2) is 17.6 Å². The van der Waals surface area contributed by atoms with E-state index in [1.807, 2.05) is 0 Å². The van der Waals surface area contributed by atoms with E-state index < -0.39 is 22.0 Å². The van der Waals surface area contributed by atoms with Crippen molar-refractivity contribution in [1.82, 2.24) is 4.98 Å². The Morgan fingerprint density at radius 3 is 2.44 bits per heavy atom. The Kier molecular flexibility index (Phi) is 7.12. The normalized spacial score (nSPS) is 11.1. The number of anilines is 1. The molecule has 0 atom stereocenters. The van der Waals surface area contributed by atoms with Crippen LogP contribution in [0, 0.1) is 5.82 Å². The number of pyridine rings is 1. The van der Waals surface area contributed by atoms with E-state index >= 15 is 0 Å². The molecule has 0 aliphatic heterocycles. The molecular formula is C23H19FN2O8S2. The van der Waals surface area contributed by atoms with Crippen LogP contribution in [0.1, 0.15) is 0 Å². The van der Waals surface area contributed by atoms with Crippen molar-refractivity contribution in [3.05, 3.63) is 59.9 Å². The maximum Gasteiger partial charge on any atom is 0.514 e. The fraction of sp³-hybridized carbons (Fsp3) is 0.130. The van der Waals surface area contributed by atoms with Crippen LogP contribution in [0.3, 0.4) is 0 Å². The average Bonchev–Trinajstić information content (AvgIpc) is 3.34. The van der Waals surface area contributed by atoms with Crippen LogP contribution in [0.15, 0.2) is 58.9 Å². The van der Waals surface area contributed by atoms with Crippen molar-refractivity contribution < 1.29 is 41.3 Å². The Labute approximate surface area is 209 Å². The first-order valence-corrected chi connectivity index (χ1v) is 12.5. The van der Waals surface area contributed by atoms with Gasteiger partial charge in [-0.05, 0) is 35.7 Å². The highest BCUT2D eigenvalue weighted by atomic mass is 32.2. The van der Waals surface area contributed by atoms with Gasteiger partial charge in [-0.3, -0.25) is 9.71 Å². The summed E-state index contributed by atoms with van der Waals surface area (Å²) in [6.07, 6.45) is 0.443. The second kappa shape index (κ2) is 10.3. The Morgan fingerprint density at radius 2 is 1.75 bits per heavy atom. The topological polar surface area (TPSA) is 122 Å². The van der Waals surface area contributed by atoms with Crippen LogP contribution in [0.4, 0.5) is 14.9 Å². The summed E-state index contributed by atoms with van der Waals surface area (Å²) >= 11 is 0.866. The van der Waals surface area contributed by atoms with Crippen LogP contribution in [-0.4, -0.2) is 40.9 Å².